The number of ether oxygens (including phenoxy) is 1. The Morgan fingerprint density at radius 1 is 1.35 bits per heavy atom. The van der Waals surface area contributed by atoms with Crippen LogP contribution >= 0.6 is 0 Å². The molecule has 1 fully saturated rings. The van der Waals surface area contributed by atoms with Gasteiger partial charge in [0.1, 0.15) is 11.4 Å². The molecule has 0 bridgehead atoms. The average Bonchev–Trinajstić information content (AvgIpc) is 3.25. The maximum atomic E-state index is 11.3. The van der Waals surface area contributed by atoms with Crippen LogP contribution in [0.1, 0.15) is 36.2 Å². The fourth-order valence-corrected chi connectivity index (χ4v) is 2.47. The van der Waals surface area contributed by atoms with E-state index in [4.69, 9.17) is 4.74 Å². The first kappa shape index (κ1) is 12.9. The number of rotatable bonds is 5. The Morgan fingerprint density at radius 2 is 2.05 bits per heavy atom. The molecule has 20 heavy (non-hydrogen) atoms. The van der Waals surface area contributed by atoms with Crippen molar-refractivity contribution in [1.29, 1.82) is 0 Å². The summed E-state index contributed by atoms with van der Waals surface area (Å²) >= 11 is 0. The molecule has 0 N–H and O–H groups in total. The molecule has 1 aliphatic carbocycles. The lowest BCUT2D eigenvalue weighted by molar-refractivity contribution is 0.112. The minimum atomic E-state index is 0.362. The number of aldehydes is 1. The lowest BCUT2D eigenvalue weighted by Gasteiger charge is -2.09. The lowest BCUT2D eigenvalue weighted by Crippen LogP contribution is -2.07. The molecule has 0 saturated heterocycles. The highest BCUT2D eigenvalue weighted by Gasteiger charge is 2.30. The SMILES string of the molecule is COc1ccc(-c2nn(C(C)C3CC3)cc2C=O)cc1. The monoisotopic (exact) mass is 270 g/mol. The number of hydrogen-bond donors (Lipinski definition) is 0. The van der Waals surface area contributed by atoms with Gasteiger partial charge in [-0.25, -0.2) is 0 Å². The first-order valence-corrected chi connectivity index (χ1v) is 6.91. The maximum absolute atomic E-state index is 11.3. The van der Waals surface area contributed by atoms with Gasteiger partial charge < -0.3 is 4.74 Å². The smallest absolute Gasteiger partial charge is 0.153 e. The van der Waals surface area contributed by atoms with Gasteiger partial charge in [-0.15, -0.1) is 0 Å². The number of benzene rings is 1. The summed E-state index contributed by atoms with van der Waals surface area (Å²) in [5, 5.41) is 4.61. The Kier molecular flexibility index (Phi) is 3.30. The molecule has 1 heterocycles. The van der Waals surface area contributed by atoms with Gasteiger partial charge in [0.2, 0.25) is 0 Å². The van der Waals surface area contributed by atoms with Crippen LogP contribution in [0.25, 0.3) is 11.3 Å². The van der Waals surface area contributed by atoms with Crippen LogP contribution in [-0.4, -0.2) is 23.2 Å². The van der Waals surface area contributed by atoms with Gasteiger partial charge in [-0.2, -0.15) is 5.10 Å². The van der Waals surface area contributed by atoms with Crippen molar-refractivity contribution >= 4 is 6.29 Å². The molecular weight excluding hydrogens is 252 g/mol. The van der Waals surface area contributed by atoms with E-state index in [-0.39, 0.29) is 0 Å². The van der Waals surface area contributed by atoms with Crippen LogP contribution in [0, 0.1) is 5.92 Å². The molecule has 1 aliphatic rings. The molecular formula is C16H18N2O2. The second-order valence-electron chi connectivity index (χ2n) is 5.34. The summed E-state index contributed by atoms with van der Waals surface area (Å²) in [7, 11) is 1.64. The van der Waals surface area contributed by atoms with E-state index in [9.17, 15) is 4.79 Å². The second kappa shape index (κ2) is 5.12. The molecule has 1 atom stereocenters. The van der Waals surface area contributed by atoms with Crippen molar-refractivity contribution in [2.45, 2.75) is 25.8 Å². The Balaban J connectivity index is 1.96. The number of carbonyl (C=O) groups excluding carboxylic acids is 1. The number of carbonyl (C=O) groups is 1. The third-order valence-electron chi connectivity index (χ3n) is 3.97. The molecule has 1 saturated carbocycles. The van der Waals surface area contributed by atoms with Gasteiger partial charge in [-0.1, -0.05) is 0 Å². The fraction of sp³-hybridized carbons (Fsp3) is 0.375. The Morgan fingerprint density at radius 3 is 2.60 bits per heavy atom. The predicted octanol–water partition coefficient (Wildman–Crippen LogP) is 3.34. The highest BCUT2D eigenvalue weighted by Crippen LogP contribution is 2.39. The highest BCUT2D eigenvalue weighted by molar-refractivity contribution is 5.85. The van der Waals surface area contributed by atoms with E-state index in [0.29, 0.717) is 17.5 Å². The van der Waals surface area contributed by atoms with Crippen LogP contribution in [0.3, 0.4) is 0 Å². The van der Waals surface area contributed by atoms with E-state index >= 15 is 0 Å². The summed E-state index contributed by atoms with van der Waals surface area (Å²) in [5.41, 5.74) is 2.33. The largest absolute Gasteiger partial charge is 0.497 e. The Hall–Kier alpha value is -2.10. The van der Waals surface area contributed by atoms with Gasteiger partial charge in [0.05, 0.1) is 18.7 Å². The van der Waals surface area contributed by atoms with Crippen LogP contribution in [0.4, 0.5) is 0 Å². The number of aromatic nitrogens is 2. The summed E-state index contributed by atoms with van der Waals surface area (Å²) in [6.45, 7) is 2.16. The second-order valence-corrected chi connectivity index (χ2v) is 5.34. The van der Waals surface area contributed by atoms with Gasteiger partial charge in [0, 0.05) is 11.8 Å². The van der Waals surface area contributed by atoms with E-state index in [1.54, 1.807) is 7.11 Å². The van der Waals surface area contributed by atoms with E-state index in [1.807, 2.05) is 35.1 Å². The summed E-state index contributed by atoms with van der Waals surface area (Å²) in [6, 6.07) is 7.99. The molecule has 0 radical (unpaired) electrons. The van der Waals surface area contributed by atoms with Crippen LogP contribution in [0.2, 0.25) is 0 Å². The van der Waals surface area contributed by atoms with Gasteiger partial charge >= 0.3 is 0 Å². The van der Waals surface area contributed by atoms with E-state index in [2.05, 4.69) is 12.0 Å². The van der Waals surface area contributed by atoms with Crippen molar-refractivity contribution in [3.8, 4) is 17.0 Å². The zero-order chi connectivity index (χ0) is 14.1. The van der Waals surface area contributed by atoms with Crippen LogP contribution in [0.15, 0.2) is 30.5 Å². The molecule has 0 spiro atoms. The molecule has 104 valence electrons. The minimum Gasteiger partial charge on any atom is -0.497 e. The van der Waals surface area contributed by atoms with Crippen LogP contribution in [-0.2, 0) is 0 Å². The Labute approximate surface area is 118 Å². The highest BCUT2D eigenvalue weighted by atomic mass is 16.5. The average molecular weight is 270 g/mol. The van der Waals surface area contributed by atoms with Crippen molar-refractivity contribution in [2.24, 2.45) is 5.92 Å². The quantitative estimate of drug-likeness (QED) is 0.783. The normalized spacial score (nSPS) is 15.9. The van der Waals surface area contributed by atoms with Gasteiger partial charge in [0.15, 0.2) is 6.29 Å². The van der Waals surface area contributed by atoms with Crippen molar-refractivity contribution in [1.82, 2.24) is 9.78 Å². The fourth-order valence-electron chi connectivity index (χ4n) is 2.47. The summed E-state index contributed by atoms with van der Waals surface area (Å²) < 4.78 is 7.08. The number of nitrogens with zero attached hydrogens (tertiary/aromatic N) is 2. The number of methoxy groups -OCH3 is 1. The van der Waals surface area contributed by atoms with Crippen molar-refractivity contribution in [3.05, 3.63) is 36.0 Å². The predicted molar refractivity (Wildman–Crippen MR) is 77.0 cm³/mol. The standard InChI is InChI=1S/C16H18N2O2/c1-11(12-3-4-12)18-9-14(10-19)16(17-18)13-5-7-15(20-2)8-6-13/h5-12H,3-4H2,1-2H3. The van der Waals surface area contributed by atoms with Crippen LogP contribution in [0.5, 0.6) is 5.75 Å². The Bertz CT molecular complexity index is 612. The van der Waals surface area contributed by atoms with Crippen molar-refractivity contribution < 1.29 is 9.53 Å². The molecule has 3 rings (SSSR count). The molecule has 1 unspecified atom stereocenters. The topological polar surface area (TPSA) is 44.1 Å². The first-order chi connectivity index (χ1) is 9.72. The van der Waals surface area contributed by atoms with E-state index in [1.165, 1.54) is 12.8 Å². The number of hydrogen-bond acceptors (Lipinski definition) is 3. The van der Waals surface area contributed by atoms with Crippen LogP contribution < -0.4 is 4.74 Å². The van der Waals surface area contributed by atoms with Gasteiger partial charge in [0.25, 0.3) is 0 Å². The minimum absolute atomic E-state index is 0.362. The van der Waals surface area contributed by atoms with Gasteiger partial charge in [-0.3, -0.25) is 9.48 Å². The zero-order valence-corrected chi connectivity index (χ0v) is 11.7. The molecule has 4 nitrogen and oxygen atoms in total. The van der Waals surface area contributed by atoms with Crippen molar-refractivity contribution in [2.75, 3.05) is 7.11 Å². The third kappa shape index (κ3) is 2.33. The molecule has 4 heteroatoms. The van der Waals surface area contributed by atoms with Crippen molar-refractivity contribution in [3.63, 3.8) is 0 Å². The van der Waals surface area contributed by atoms with Gasteiger partial charge in [-0.05, 0) is 49.9 Å². The maximum Gasteiger partial charge on any atom is 0.153 e. The summed E-state index contributed by atoms with van der Waals surface area (Å²) in [4.78, 5) is 11.3. The zero-order valence-electron chi connectivity index (χ0n) is 11.7. The first-order valence-electron chi connectivity index (χ1n) is 6.91. The summed E-state index contributed by atoms with van der Waals surface area (Å²) in [5.74, 6) is 1.50. The molecule has 2 aromatic rings. The molecule has 1 aromatic carbocycles. The summed E-state index contributed by atoms with van der Waals surface area (Å²) in [6.07, 6.45) is 5.25. The third-order valence-corrected chi connectivity index (χ3v) is 3.97. The molecule has 0 amide bonds. The molecule has 1 aromatic heterocycles. The van der Waals surface area contributed by atoms with E-state index < -0.39 is 0 Å². The van der Waals surface area contributed by atoms with E-state index in [0.717, 1.165) is 23.3 Å². The lowest BCUT2D eigenvalue weighted by atomic mass is 10.1. The molecule has 0 aliphatic heterocycles.